The number of allylic oxidation sites excluding steroid dienone is 4. The summed E-state index contributed by atoms with van der Waals surface area (Å²) >= 11 is 0. The van der Waals surface area contributed by atoms with Crippen molar-refractivity contribution in [2.24, 2.45) is 28.6 Å². The molecule has 0 saturated heterocycles. The minimum Gasteiger partial charge on any atom is -0.442 e. The van der Waals surface area contributed by atoms with E-state index in [-0.39, 0.29) is 23.0 Å². The van der Waals surface area contributed by atoms with Crippen LogP contribution < -0.4 is 5.32 Å². The number of rotatable bonds is 4. The molecule has 5 rings (SSSR count). The van der Waals surface area contributed by atoms with E-state index in [0.717, 1.165) is 51.2 Å². The number of hydrogen-bond acceptors (Lipinski definition) is 3. The van der Waals surface area contributed by atoms with Crippen molar-refractivity contribution in [2.75, 3.05) is 0 Å². The minimum atomic E-state index is -0.650. The van der Waals surface area contributed by atoms with Crippen LogP contribution in [0.3, 0.4) is 0 Å². The number of fused-ring (bicyclic) bond motifs is 5. The number of nitrogens with one attached hydrogen (secondary N) is 1. The van der Waals surface area contributed by atoms with Crippen molar-refractivity contribution >= 4 is 12.4 Å². The molecule has 1 N–H and O–H groups in total. The van der Waals surface area contributed by atoms with Crippen molar-refractivity contribution in [3.05, 3.63) is 23.8 Å². The second-order valence-electron chi connectivity index (χ2n) is 11.8. The Morgan fingerprint density at radius 1 is 1.09 bits per heavy atom. The van der Waals surface area contributed by atoms with Crippen molar-refractivity contribution in [3.63, 3.8) is 0 Å². The van der Waals surface area contributed by atoms with Gasteiger partial charge < -0.3 is 14.8 Å². The molecule has 176 valence electrons. The molecule has 5 aliphatic rings. The van der Waals surface area contributed by atoms with Crippen molar-refractivity contribution in [2.45, 2.75) is 109 Å². The molecule has 0 unspecified atom stereocenters. The maximum atomic E-state index is 13.0. The lowest BCUT2D eigenvalue weighted by molar-refractivity contribution is -0.137. The highest BCUT2D eigenvalue weighted by Crippen LogP contribution is 2.68. The van der Waals surface area contributed by atoms with Gasteiger partial charge in [0.05, 0.1) is 0 Å². The van der Waals surface area contributed by atoms with E-state index in [2.05, 4.69) is 37.4 Å². The summed E-state index contributed by atoms with van der Waals surface area (Å²) < 4.78 is 6.32. The zero-order chi connectivity index (χ0) is 22.4. The van der Waals surface area contributed by atoms with Gasteiger partial charge in [-0.25, -0.2) is 4.79 Å². The van der Waals surface area contributed by atoms with Gasteiger partial charge in [-0.05, 0) is 75.5 Å². The molecule has 1 amide bonds. The Balaban J connectivity index is 1.37. The number of carbonyl (C=O) groups is 2. The van der Waals surface area contributed by atoms with Crippen LogP contribution in [0.4, 0.5) is 4.79 Å². The zero-order valence-electron chi connectivity index (χ0n) is 20.0. The first kappa shape index (κ1) is 22.2. The van der Waals surface area contributed by atoms with Gasteiger partial charge in [0.25, 0.3) is 0 Å². The van der Waals surface area contributed by atoms with Crippen LogP contribution in [0.1, 0.15) is 97.3 Å². The average molecular weight is 440 g/mol. The Morgan fingerprint density at radius 3 is 2.66 bits per heavy atom. The Labute approximate surface area is 193 Å². The second-order valence-corrected chi connectivity index (χ2v) is 11.8. The lowest BCUT2D eigenvalue weighted by Crippen LogP contribution is -2.56. The van der Waals surface area contributed by atoms with Crippen LogP contribution in [-0.2, 0) is 9.53 Å². The first-order chi connectivity index (χ1) is 15.4. The van der Waals surface area contributed by atoms with E-state index in [1.165, 1.54) is 32.1 Å². The van der Waals surface area contributed by atoms with E-state index in [1.54, 1.807) is 5.57 Å². The van der Waals surface area contributed by atoms with Gasteiger partial charge in [0, 0.05) is 23.3 Å². The highest BCUT2D eigenvalue weighted by Gasteiger charge is 2.65. The highest BCUT2D eigenvalue weighted by molar-refractivity contribution is 5.69. The Bertz CT molecular complexity index is 811. The topological polar surface area (TPSA) is 55.4 Å². The molecular weight excluding hydrogens is 398 g/mol. The van der Waals surface area contributed by atoms with Gasteiger partial charge in [-0.1, -0.05) is 56.9 Å². The lowest BCUT2D eigenvalue weighted by Gasteiger charge is -2.58. The standard InChI is InChI=1S/C28H41NO3/c1-26-15-7-6-8-20(26)11-12-22-23(26)13-16-27(2)24(22)14-17-28(27,18-19-30)32-25(31)29-21-9-4-3-5-10-21/h7-8,15,19,21-24H,3-6,9-14,16-18H2,1-2H3,(H,29,31)/t22-,23+,24+,26+,27+,28+/m1/s1. The Kier molecular flexibility index (Phi) is 5.78. The Morgan fingerprint density at radius 2 is 1.88 bits per heavy atom. The summed E-state index contributed by atoms with van der Waals surface area (Å²) in [6.07, 6.45) is 21.7. The third kappa shape index (κ3) is 3.39. The van der Waals surface area contributed by atoms with Crippen molar-refractivity contribution < 1.29 is 14.3 Å². The molecule has 4 nitrogen and oxygen atoms in total. The number of alkyl carbamates (subject to hydrolysis) is 1. The van der Waals surface area contributed by atoms with Crippen LogP contribution in [0, 0.1) is 28.6 Å². The number of hydrogen-bond donors (Lipinski definition) is 1. The first-order valence-electron chi connectivity index (χ1n) is 13.2. The molecule has 0 aromatic rings. The van der Waals surface area contributed by atoms with Gasteiger partial charge in [0.15, 0.2) is 0 Å². The van der Waals surface area contributed by atoms with E-state index in [1.807, 2.05) is 0 Å². The van der Waals surface area contributed by atoms with Gasteiger partial charge in [0.1, 0.15) is 11.9 Å². The minimum absolute atomic E-state index is 0.116. The largest absolute Gasteiger partial charge is 0.442 e. The normalized spacial score (nSPS) is 43.4. The van der Waals surface area contributed by atoms with Gasteiger partial charge in [-0.2, -0.15) is 0 Å². The Hall–Kier alpha value is -1.58. The average Bonchev–Trinajstić information content (AvgIpc) is 3.06. The van der Waals surface area contributed by atoms with E-state index < -0.39 is 5.60 Å². The number of amides is 1. The molecule has 32 heavy (non-hydrogen) atoms. The summed E-state index contributed by atoms with van der Waals surface area (Å²) in [7, 11) is 0. The molecule has 4 heteroatoms. The monoisotopic (exact) mass is 439 g/mol. The van der Waals surface area contributed by atoms with Gasteiger partial charge in [-0.15, -0.1) is 0 Å². The van der Waals surface area contributed by atoms with E-state index >= 15 is 0 Å². The summed E-state index contributed by atoms with van der Waals surface area (Å²) in [5.41, 5.74) is 1.07. The van der Waals surface area contributed by atoms with E-state index in [0.29, 0.717) is 24.2 Å². The third-order valence-corrected chi connectivity index (χ3v) is 10.5. The van der Waals surface area contributed by atoms with Crippen LogP contribution in [0.15, 0.2) is 23.8 Å². The van der Waals surface area contributed by atoms with Crippen LogP contribution in [0.2, 0.25) is 0 Å². The summed E-state index contributed by atoms with van der Waals surface area (Å²) in [6, 6.07) is 0.229. The van der Waals surface area contributed by atoms with Crippen molar-refractivity contribution in [1.82, 2.24) is 5.32 Å². The number of carbonyl (C=O) groups excluding carboxylic acids is 2. The smallest absolute Gasteiger partial charge is 0.407 e. The molecule has 0 heterocycles. The molecule has 0 aliphatic heterocycles. The highest BCUT2D eigenvalue weighted by atomic mass is 16.6. The fourth-order valence-electron chi connectivity index (χ4n) is 8.73. The molecule has 4 fully saturated rings. The lowest BCUT2D eigenvalue weighted by atomic mass is 9.47. The maximum Gasteiger partial charge on any atom is 0.407 e. The third-order valence-electron chi connectivity index (χ3n) is 10.5. The summed E-state index contributed by atoms with van der Waals surface area (Å²) in [4.78, 5) is 24.9. The molecule has 5 aliphatic carbocycles. The molecule has 0 aromatic heterocycles. The first-order valence-corrected chi connectivity index (χ1v) is 13.2. The second kappa shape index (κ2) is 8.33. The predicted octanol–water partition coefficient (Wildman–Crippen LogP) is 6.50. The van der Waals surface area contributed by atoms with Gasteiger partial charge in [-0.3, -0.25) is 0 Å². The fourth-order valence-corrected chi connectivity index (χ4v) is 8.73. The SMILES string of the molecule is C[C@]12C=CCC=C1CC[C@@H]1[C@@H]2CC[C@@]2(C)[C@H]1CC[C@@]2(CC=O)OC(=O)NC1CCCCC1. The van der Waals surface area contributed by atoms with Crippen LogP contribution >= 0.6 is 0 Å². The number of ether oxygens (including phenoxy) is 1. The molecule has 0 spiro atoms. The molecule has 0 bridgehead atoms. The van der Waals surface area contributed by atoms with Crippen LogP contribution in [-0.4, -0.2) is 24.0 Å². The molecule has 4 saturated carbocycles. The zero-order valence-corrected chi connectivity index (χ0v) is 20.0. The van der Waals surface area contributed by atoms with Crippen LogP contribution in [0.5, 0.6) is 0 Å². The molecular formula is C28H41NO3. The van der Waals surface area contributed by atoms with E-state index in [9.17, 15) is 9.59 Å². The van der Waals surface area contributed by atoms with Gasteiger partial charge in [0.2, 0.25) is 0 Å². The van der Waals surface area contributed by atoms with Crippen molar-refractivity contribution in [1.29, 1.82) is 0 Å². The predicted molar refractivity (Wildman–Crippen MR) is 126 cm³/mol. The van der Waals surface area contributed by atoms with E-state index in [4.69, 9.17) is 4.74 Å². The molecule has 0 radical (unpaired) electrons. The van der Waals surface area contributed by atoms with Gasteiger partial charge >= 0.3 is 6.09 Å². The quantitative estimate of drug-likeness (QED) is 0.402. The summed E-state index contributed by atoms with van der Waals surface area (Å²) in [5, 5.41) is 3.15. The summed E-state index contributed by atoms with van der Waals surface area (Å²) in [6.45, 7) is 4.79. The maximum absolute atomic E-state index is 13.0. The molecule has 6 atom stereocenters. The van der Waals surface area contributed by atoms with Crippen molar-refractivity contribution in [3.8, 4) is 0 Å². The molecule has 0 aromatic carbocycles. The van der Waals surface area contributed by atoms with Crippen LogP contribution in [0.25, 0.3) is 0 Å². The summed E-state index contributed by atoms with van der Waals surface area (Å²) in [5.74, 6) is 1.84. The number of aldehydes is 1. The fraction of sp³-hybridized carbons (Fsp3) is 0.786.